The Morgan fingerprint density at radius 2 is 1.59 bits per heavy atom. The van der Waals surface area contributed by atoms with Crippen molar-refractivity contribution in [2.24, 2.45) is 0 Å². The molecule has 0 unspecified atom stereocenters. The van der Waals surface area contributed by atoms with Crippen molar-refractivity contribution in [1.29, 1.82) is 0 Å². The number of hydrogen-bond acceptors (Lipinski definition) is 4. The van der Waals surface area contributed by atoms with Gasteiger partial charge < -0.3 is 10.1 Å². The molecule has 1 amide bonds. The highest BCUT2D eigenvalue weighted by Gasteiger charge is 2.09. The van der Waals surface area contributed by atoms with Crippen molar-refractivity contribution in [2.45, 2.75) is 26.1 Å². The van der Waals surface area contributed by atoms with E-state index in [-0.39, 0.29) is 30.0 Å². The Kier molecular flexibility index (Phi) is 6.46. The van der Waals surface area contributed by atoms with Crippen LogP contribution in [0.5, 0.6) is 5.75 Å². The predicted molar refractivity (Wildman–Crippen MR) is 123 cm³/mol. The number of fused-ring (bicyclic) bond motifs is 1. The van der Waals surface area contributed by atoms with E-state index in [0.717, 1.165) is 16.9 Å². The van der Waals surface area contributed by atoms with Gasteiger partial charge in [-0.15, -0.1) is 0 Å². The summed E-state index contributed by atoms with van der Waals surface area (Å²) in [5, 5.41) is 6.07. The van der Waals surface area contributed by atoms with Crippen LogP contribution >= 0.6 is 0 Å². The van der Waals surface area contributed by atoms with Crippen molar-refractivity contribution in [1.82, 2.24) is 15.1 Å². The number of para-hydroxylation sites is 1. The van der Waals surface area contributed by atoms with Gasteiger partial charge in [-0.05, 0) is 35.4 Å². The first-order chi connectivity index (χ1) is 15.6. The quantitative estimate of drug-likeness (QED) is 0.450. The molecule has 0 saturated heterocycles. The zero-order chi connectivity index (χ0) is 22.3. The molecule has 7 nitrogen and oxygen atoms in total. The SMILES string of the molecule is O=C(CCn1[nH]c(=O)c2ccccc2c1=O)NCc1cccc(COc2ccccc2)c1. The van der Waals surface area contributed by atoms with Gasteiger partial charge in [0, 0.05) is 13.0 Å². The lowest BCUT2D eigenvalue weighted by molar-refractivity contribution is -0.121. The van der Waals surface area contributed by atoms with E-state index in [1.165, 1.54) is 4.68 Å². The Balaban J connectivity index is 1.32. The molecule has 0 saturated carbocycles. The summed E-state index contributed by atoms with van der Waals surface area (Å²) in [5.74, 6) is 0.588. The summed E-state index contributed by atoms with van der Waals surface area (Å²) in [6.07, 6.45) is 0.0744. The number of benzene rings is 3. The van der Waals surface area contributed by atoms with Gasteiger partial charge in [-0.25, -0.2) is 4.68 Å². The van der Waals surface area contributed by atoms with Gasteiger partial charge in [0.15, 0.2) is 0 Å². The third-order valence-corrected chi connectivity index (χ3v) is 5.08. The maximum atomic E-state index is 12.5. The van der Waals surface area contributed by atoms with Gasteiger partial charge in [0.1, 0.15) is 12.4 Å². The van der Waals surface area contributed by atoms with Crippen molar-refractivity contribution < 1.29 is 9.53 Å². The molecular formula is C25H23N3O4. The smallest absolute Gasteiger partial charge is 0.273 e. The summed E-state index contributed by atoms with van der Waals surface area (Å²) in [6, 6.07) is 24.0. The Morgan fingerprint density at radius 1 is 0.875 bits per heavy atom. The number of nitrogens with zero attached hydrogens (tertiary/aromatic N) is 1. The molecule has 0 aliphatic heterocycles. The van der Waals surface area contributed by atoms with Gasteiger partial charge >= 0.3 is 0 Å². The van der Waals surface area contributed by atoms with Crippen LogP contribution in [0.2, 0.25) is 0 Å². The minimum absolute atomic E-state index is 0.0744. The van der Waals surface area contributed by atoms with Crippen LogP contribution in [-0.2, 0) is 24.5 Å². The lowest BCUT2D eigenvalue weighted by Gasteiger charge is -2.10. The first-order valence-electron chi connectivity index (χ1n) is 10.3. The molecule has 0 radical (unpaired) electrons. The maximum absolute atomic E-state index is 12.5. The van der Waals surface area contributed by atoms with Gasteiger partial charge in [-0.3, -0.25) is 19.5 Å². The third kappa shape index (κ3) is 5.13. The molecule has 1 heterocycles. The van der Waals surface area contributed by atoms with Gasteiger partial charge in [-0.2, -0.15) is 0 Å². The molecule has 2 N–H and O–H groups in total. The molecule has 0 bridgehead atoms. The van der Waals surface area contributed by atoms with Crippen LogP contribution in [0.25, 0.3) is 10.8 Å². The first kappa shape index (κ1) is 21.1. The Hall–Kier alpha value is -4.13. The number of carbonyl (C=O) groups is 1. The number of amides is 1. The summed E-state index contributed by atoms with van der Waals surface area (Å²) < 4.78 is 6.95. The van der Waals surface area contributed by atoms with Crippen LogP contribution < -0.4 is 21.2 Å². The third-order valence-electron chi connectivity index (χ3n) is 5.08. The molecule has 0 aliphatic carbocycles. The monoisotopic (exact) mass is 429 g/mol. The largest absolute Gasteiger partial charge is 0.489 e. The summed E-state index contributed by atoms with van der Waals surface area (Å²) in [5.41, 5.74) is 1.28. The van der Waals surface area contributed by atoms with Crippen molar-refractivity contribution in [3.05, 3.63) is 111 Å². The van der Waals surface area contributed by atoms with E-state index in [0.29, 0.717) is 23.9 Å². The van der Waals surface area contributed by atoms with E-state index < -0.39 is 0 Å². The van der Waals surface area contributed by atoms with Crippen LogP contribution in [0.3, 0.4) is 0 Å². The fourth-order valence-corrected chi connectivity index (χ4v) is 3.42. The van der Waals surface area contributed by atoms with E-state index >= 15 is 0 Å². The zero-order valence-electron chi connectivity index (χ0n) is 17.4. The highest BCUT2D eigenvalue weighted by Crippen LogP contribution is 2.13. The van der Waals surface area contributed by atoms with Crippen LogP contribution in [-0.4, -0.2) is 15.7 Å². The highest BCUT2D eigenvalue weighted by atomic mass is 16.5. The molecule has 7 heteroatoms. The minimum atomic E-state index is -0.352. The molecule has 0 fully saturated rings. The average Bonchev–Trinajstić information content (AvgIpc) is 2.84. The molecule has 4 rings (SSSR count). The minimum Gasteiger partial charge on any atom is -0.489 e. The summed E-state index contributed by atoms with van der Waals surface area (Å²) in [7, 11) is 0. The van der Waals surface area contributed by atoms with Crippen LogP contribution in [0.4, 0.5) is 0 Å². The van der Waals surface area contributed by atoms with Crippen molar-refractivity contribution in [2.75, 3.05) is 0 Å². The molecule has 4 aromatic rings. The molecule has 0 aliphatic rings. The molecular weight excluding hydrogens is 406 g/mol. The summed E-state index contributed by atoms with van der Waals surface area (Å²) in [4.78, 5) is 37.0. The number of aromatic nitrogens is 2. The number of nitrogens with one attached hydrogen (secondary N) is 2. The normalized spacial score (nSPS) is 10.8. The van der Waals surface area contributed by atoms with Crippen molar-refractivity contribution in [3.8, 4) is 5.75 Å². The van der Waals surface area contributed by atoms with Crippen molar-refractivity contribution in [3.63, 3.8) is 0 Å². The van der Waals surface area contributed by atoms with Crippen LogP contribution in [0.1, 0.15) is 17.5 Å². The number of aryl methyl sites for hydroxylation is 1. The van der Waals surface area contributed by atoms with Crippen LogP contribution in [0.15, 0.2) is 88.5 Å². The second kappa shape index (κ2) is 9.78. The fraction of sp³-hybridized carbons (Fsp3) is 0.160. The van der Waals surface area contributed by atoms with E-state index in [4.69, 9.17) is 4.74 Å². The fourth-order valence-electron chi connectivity index (χ4n) is 3.42. The predicted octanol–water partition coefficient (Wildman–Crippen LogP) is 2.98. The summed E-state index contributed by atoms with van der Waals surface area (Å²) in [6.45, 7) is 0.890. The van der Waals surface area contributed by atoms with E-state index in [2.05, 4.69) is 10.4 Å². The number of hydrogen-bond donors (Lipinski definition) is 2. The Labute approximate surface area is 184 Å². The van der Waals surface area contributed by atoms with Gasteiger partial charge in [0.25, 0.3) is 11.1 Å². The topological polar surface area (TPSA) is 93.2 Å². The zero-order valence-corrected chi connectivity index (χ0v) is 17.4. The van der Waals surface area contributed by atoms with Gasteiger partial charge in [0.2, 0.25) is 5.91 Å². The van der Waals surface area contributed by atoms with E-state index in [9.17, 15) is 14.4 Å². The van der Waals surface area contributed by atoms with Gasteiger partial charge in [-0.1, -0.05) is 54.6 Å². The number of rotatable bonds is 8. The molecule has 32 heavy (non-hydrogen) atoms. The second-order valence-electron chi connectivity index (χ2n) is 7.39. The number of carbonyl (C=O) groups excluding carboxylic acids is 1. The van der Waals surface area contributed by atoms with E-state index in [1.807, 2.05) is 54.6 Å². The van der Waals surface area contributed by atoms with Crippen molar-refractivity contribution >= 4 is 16.7 Å². The number of ether oxygens (including phenoxy) is 1. The average molecular weight is 429 g/mol. The lowest BCUT2D eigenvalue weighted by Crippen LogP contribution is -2.32. The number of aromatic amines is 1. The van der Waals surface area contributed by atoms with Crippen LogP contribution in [0, 0.1) is 0 Å². The standard InChI is InChI=1S/C25H23N3O4/c29-23(13-14-28-25(31)22-12-5-4-11-21(22)24(30)27-28)26-16-18-7-6-8-19(15-18)17-32-20-9-2-1-3-10-20/h1-12,15H,13-14,16-17H2,(H,26,29)(H,27,30). The molecule has 0 spiro atoms. The highest BCUT2D eigenvalue weighted by molar-refractivity contribution is 5.80. The first-order valence-corrected chi connectivity index (χ1v) is 10.3. The molecule has 162 valence electrons. The lowest BCUT2D eigenvalue weighted by atomic mass is 10.1. The second-order valence-corrected chi connectivity index (χ2v) is 7.39. The van der Waals surface area contributed by atoms with E-state index in [1.54, 1.807) is 24.3 Å². The molecule has 1 aromatic heterocycles. The maximum Gasteiger partial charge on any atom is 0.273 e. The molecule has 3 aromatic carbocycles. The molecule has 0 atom stereocenters. The Bertz CT molecular complexity index is 1340. The summed E-state index contributed by atoms with van der Waals surface area (Å²) >= 11 is 0. The van der Waals surface area contributed by atoms with Gasteiger partial charge in [0.05, 0.1) is 17.3 Å². The Morgan fingerprint density at radius 3 is 2.41 bits per heavy atom. The number of H-pyrrole nitrogens is 1.